The third-order valence-corrected chi connectivity index (χ3v) is 11.4. The summed E-state index contributed by atoms with van der Waals surface area (Å²) in [5, 5.41) is 63.1. The molecule has 0 aliphatic carbocycles. The summed E-state index contributed by atoms with van der Waals surface area (Å²) in [6, 6.07) is 0. The van der Waals surface area contributed by atoms with Gasteiger partial charge in [-0.3, -0.25) is 0 Å². The first-order chi connectivity index (χ1) is 25.1. The highest BCUT2D eigenvalue weighted by atomic mass is 16.8. The molecule has 22 atom stereocenters. The van der Waals surface area contributed by atoms with Gasteiger partial charge in [-0.1, -0.05) is 0 Å². The van der Waals surface area contributed by atoms with E-state index in [0.717, 1.165) is 0 Å². The van der Waals surface area contributed by atoms with Crippen LogP contribution in [0.25, 0.3) is 0 Å². The van der Waals surface area contributed by atoms with Gasteiger partial charge in [0, 0.05) is 38.5 Å². The number of aliphatic hydroxyl groups excluding tert-OH is 6. The van der Waals surface area contributed by atoms with Crippen molar-refractivity contribution in [3.63, 3.8) is 0 Å². The molecule has 308 valence electrons. The highest BCUT2D eigenvalue weighted by molar-refractivity contribution is 4.89. The second kappa shape index (κ2) is 18.3. The Hall–Kier alpha value is -0.680. The number of aliphatic hydroxyl groups is 6. The molecule has 0 aromatic rings. The van der Waals surface area contributed by atoms with Crippen molar-refractivity contribution in [2.75, 3.05) is 0 Å². The van der Waals surface area contributed by atoms with E-state index in [1.807, 2.05) is 6.92 Å². The fraction of sp³-hybridized carbons (Fsp3) is 1.00. The molecular formula is C36H62O17. The van der Waals surface area contributed by atoms with Gasteiger partial charge in [0.1, 0.15) is 24.4 Å². The molecule has 0 amide bonds. The van der Waals surface area contributed by atoms with Crippen molar-refractivity contribution < 1.29 is 82.7 Å². The van der Waals surface area contributed by atoms with Crippen LogP contribution in [0.5, 0.6) is 0 Å². The van der Waals surface area contributed by atoms with Crippen LogP contribution in [-0.2, 0) is 52.1 Å². The van der Waals surface area contributed by atoms with E-state index in [2.05, 4.69) is 0 Å². The molecule has 6 saturated heterocycles. The lowest BCUT2D eigenvalue weighted by molar-refractivity contribution is -0.341. The normalized spacial score (nSPS) is 53.0. The van der Waals surface area contributed by atoms with Gasteiger partial charge in [0.25, 0.3) is 0 Å². The van der Waals surface area contributed by atoms with Crippen molar-refractivity contribution in [3.8, 4) is 0 Å². The van der Waals surface area contributed by atoms with E-state index < -0.39 is 117 Å². The lowest BCUT2D eigenvalue weighted by Crippen LogP contribution is -2.56. The van der Waals surface area contributed by atoms with Gasteiger partial charge in [-0.15, -0.1) is 0 Å². The molecule has 6 aliphatic heterocycles. The minimum atomic E-state index is -1.06. The first-order valence-electron chi connectivity index (χ1n) is 19.4. The average molecular weight is 767 g/mol. The van der Waals surface area contributed by atoms with Crippen LogP contribution in [0.2, 0.25) is 0 Å². The van der Waals surface area contributed by atoms with Crippen LogP contribution in [0.4, 0.5) is 0 Å². The summed E-state index contributed by atoms with van der Waals surface area (Å²) >= 11 is 0. The Morgan fingerprint density at radius 2 is 0.792 bits per heavy atom. The molecule has 6 fully saturated rings. The van der Waals surface area contributed by atoms with Crippen molar-refractivity contribution in [1.82, 2.24) is 0 Å². The van der Waals surface area contributed by atoms with Gasteiger partial charge in [0.2, 0.25) is 0 Å². The maximum absolute atomic E-state index is 11.2. The maximum atomic E-state index is 11.2. The second-order valence-electron chi connectivity index (χ2n) is 15.7. The summed E-state index contributed by atoms with van der Waals surface area (Å²) in [5.74, 6) is 0. The molecular weight excluding hydrogens is 704 g/mol. The average Bonchev–Trinajstić information content (AvgIpc) is 3.08. The van der Waals surface area contributed by atoms with E-state index in [9.17, 15) is 30.6 Å². The van der Waals surface area contributed by atoms with Gasteiger partial charge in [0.15, 0.2) is 37.7 Å². The summed E-state index contributed by atoms with van der Waals surface area (Å²) in [7, 11) is 0. The van der Waals surface area contributed by atoms with Gasteiger partial charge < -0.3 is 82.7 Å². The number of hydrogen-bond acceptors (Lipinski definition) is 17. The largest absolute Gasteiger partial charge is 0.390 e. The zero-order valence-corrected chi connectivity index (χ0v) is 31.5. The van der Waals surface area contributed by atoms with Gasteiger partial charge in [-0.25, -0.2) is 0 Å². The zero-order valence-electron chi connectivity index (χ0n) is 31.5. The van der Waals surface area contributed by atoms with Crippen LogP contribution in [0, 0.1) is 0 Å². The number of rotatable bonds is 10. The Morgan fingerprint density at radius 3 is 1.30 bits per heavy atom. The van der Waals surface area contributed by atoms with Crippen LogP contribution >= 0.6 is 0 Å². The lowest BCUT2D eigenvalue weighted by Gasteiger charge is -2.45. The van der Waals surface area contributed by atoms with Crippen LogP contribution in [0.1, 0.15) is 92.9 Å². The van der Waals surface area contributed by atoms with Gasteiger partial charge in [-0.05, 0) is 54.4 Å². The highest BCUT2D eigenvalue weighted by Crippen LogP contribution is 2.35. The molecule has 0 aromatic carbocycles. The smallest absolute Gasteiger partial charge is 0.161 e. The summed E-state index contributed by atoms with van der Waals surface area (Å²) < 4.78 is 66.3. The monoisotopic (exact) mass is 766 g/mol. The van der Waals surface area contributed by atoms with Crippen molar-refractivity contribution in [2.45, 2.75) is 228 Å². The minimum Gasteiger partial charge on any atom is -0.390 e. The molecule has 6 aliphatic rings. The van der Waals surface area contributed by atoms with E-state index in [0.29, 0.717) is 25.7 Å². The number of ether oxygens (including phenoxy) is 11. The molecule has 0 saturated carbocycles. The lowest BCUT2D eigenvalue weighted by atomic mass is 9.99. The molecule has 6 rings (SSSR count). The van der Waals surface area contributed by atoms with E-state index in [1.54, 1.807) is 34.6 Å². The molecule has 17 nitrogen and oxygen atoms in total. The maximum Gasteiger partial charge on any atom is 0.161 e. The first kappa shape index (κ1) is 41.9. The van der Waals surface area contributed by atoms with Gasteiger partial charge in [0.05, 0.1) is 73.2 Å². The molecule has 0 radical (unpaired) electrons. The van der Waals surface area contributed by atoms with E-state index in [-0.39, 0.29) is 44.0 Å². The van der Waals surface area contributed by atoms with Crippen LogP contribution in [-0.4, -0.2) is 166 Å². The van der Waals surface area contributed by atoms with Crippen molar-refractivity contribution in [2.24, 2.45) is 0 Å². The third kappa shape index (κ3) is 10.4. The molecule has 0 unspecified atom stereocenters. The molecule has 0 aromatic heterocycles. The predicted molar refractivity (Wildman–Crippen MR) is 180 cm³/mol. The zero-order chi connectivity index (χ0) is 38.1. The first-order valence-corrected chi connectivity index (χ1v) is 19.4. The Labute approximate surface area is 310 Å². The standard InChI is InChI=1S/C36H62O17/c1-15-21(37)7-9-28(44-15)50-25-13-32(47-17(3)33(25)41)53-36-20(6)48-30(12-23(36)39)49-24-8-10-29(45-16(24)2)51-26-14-31(46-18(4)34(26)42)52-35-19(5)43-27(40)11-22(35)38/h15-42H,7-14H2,1-6H3/t15-,16-,17+,18+,19+,20+,21-,22+,23+,24-,25+,26+,27+,28-,29-,30-,31-,32-,33+,34+,35+,36+/m0/s1. The van der Waals surface area contributed by atoms with Crippen molar-refractivity contribution >= 4 is 0 Å². The number of hydrogen-bond donors (Lipinski definition) is 6. The summed E-state index contributed by atoms with van der Waals surface area (Å²) in [6.45, 7) is 10.6. The molecule has 6 N–H and O–H groups in total. The van der Waals surface area contributed by atoms with E-state index >= 15 is 0 Å². The van der Waals surface area contributed by atoms with E-state index in [4.69, 9.17) is 52.1 Å². The Morgan fingerprint density at radius 1 is 0.358 bits per heavy atom. The molecule has 53 heavy (non-hydrogen) atoms. The Kier molecular flexibility index (Phi) is 14.5. The molecule has 6 heterocycles. The predicted octanol–water partition coefficient (Wildman–Crippen LogP) is 0.299. The summed E-state index contributed by atoms with van der Waals surface area (Å²) in [4.78, 5) is 0. The van der Waals surface area contributed by atoms with Gasteiger partial charge in [-0.2, -0.15) is 0 Å². The SMILES string of the molecule is C[C@@H]1O[C@@H](O[C@@H]2C[C@H](O[C@H]3[C@H](O)C[C@H](O)O[C@@H]3C)O[C@H](C)[C@H]2O)CC[C@@H]1O[C@H]1C[C@@H](O)[C@H](O[C@H]2C[C@@H](O[C@H]3CC[C@H](O)[C@H](C)O3)[C@H](O)[C@@H](C)O2)[C@@H](C)O1. The van der Waals surface area contributed by atoms with Gasteiger partial charge >= 0.3 is 0 Å². The van der Waals surface area contributed by atoms with E-state index in [1.165, 1.54) is 0 Å². The topological polar surface area (TPSA) is 223 Å². The fourth-order valence-corrected chi connectivity index (χ4v) is 8.19. The van der Waals surface area contributed by atoms with Crippen LogP contribution < -0.4 is 0 Å². The third-order valence-electron chi connectivity index (χ3n) is 11.4. The van der Waals surface area contributed by atoms with Crippen molar-refractivity contribution in [1.29, 1.82) is 0 Å². The van der Waals surface area contributed by atoms with Crippen molar-refractivity contribution in [3.05, 3.63) is 0 Å². The fourth-order valence-electron chi connectivity index (χ4n) is 8.19. The quantitative estimate of drug-likeness (QED) is 0.176. The molecule has 0 spiro atoms. The Balaban J connectivity index is 0.949. The van der Waals surface area contributed by atoms with Crippen LogP contribution in [0.15, 0.2) is 0 Å². The second-order valence-corrected chi connectivity index (χ2v) is 15.7. The minimum absolute atomic E-state index is 0.0239. The van der Waals surface area contributed by atoms with Crippen LogP contribution in [0.3, 0.4) is 0 Å². The highest BCUT2D eigenvalue weighted by Gasteiger charge is 2.46. The summed E-state index contributed by atoms with van der Waals surface area (Å²) in [6.07, 6.45) is -12.1. The Bertz CT molecular complexity index is 1110. The molecule has 0 bridgehead atoms. The molecule has 17 heteroatoms. The summed E-state index contributed by atoms with van der Waals surface area (Å²) in [5.41, 5.74) is 0.